The number of nitrogens with zero attached hydrogens (tertiary/aromatic N) is 1. The van der Waals surface area contributed by atoms with Crippen LogP contribution in [0.2, 0.25) is 0 Å². The molecule has 2 aromatic rings. The Labute approximate surface area is 113 Å². The van der Waals surface area contributed by atoms with Crippen molar-refractivity contribution in [1.82, 2.24) is 0 Å². The molecule has 0 atom stereocenters. The molecule has 0 amide bonds. The normalized spacial score (nSPS) is 9.65. The van der Waals surface area contributed by atoms with Crippen LogP contribution >= 0.6 is 22.6 Å². The average molecular weight is 335 g/mol. The molecule has 0 saturated heterocycles. The maximum absolute atomic E-state index is 8.89. The zero-order chi connectivity index (χ0) is 12.3. The highest BCUT2D eigenvalue weighted by atomic mass is 127. The summed E-state index contributed by atoms with van der Waals surface area (Å²) in [4.78, 5) is 0. The van der Waals surface area contributed by atoms with Crippen LogP contribution in [0.15, 0.2) is 42.5 Å². The van der Waals surface area contributed by atoms with E-state index in [-0.39, 0.29) is 0 Å². The molecule has 84 valence electrons. The van der Waals surface area contributed by atoms with Crippen LogP contribution in [0, 0.1) is 14.9 Å². The molecular formula is C13H10IN3. The Morgan fingerprint density at radius 3 is 2.65 bits per heavy atom. The van der Waals surface area contributed by atoms with Crippen molar-refractivity contribution in [3.63, 3.8) is 0 Å². The molecule has 0 spiro atoms. The molecule has 0 bridgehead atoms. The highest BCUT2D eigenvalue weighted by Crippen LogP contribution is 2.26. The van der Waals surface area contributed by atoms with E-state index in [9.17, 15) is 0 Å². The van der Waals surface area contributed by atoms with Crippen LogP contribution < -0.4 is 11.1 Å². The Balaban J connectivity index is 2.34. The Morgan fingerprint density at radius 2 is 1.94 bits per heavy atom. The second-order valence-corrected chi connectivity index (χ2v) is 4.76. The van der Waals surface area contributed by atoms with Crippen molar-refractivity contribution < 1.29 is 0 Å². The number of benzene rings is 2. The van der Waals surface area contributed by atoms with Crippen molar-refractivity contribution in [2.45, 2.75) is 0 Å². The molecule has 4 heteroatoms. The fraction of sp³-hybridized carbons (Fsp3) is 0. The quantitative estimate of drug-likeness (QED) is 0.652. The summed E-state index contributed by atoms with van der Waals surface area (Å²) in [6.45, 7) is 0. The van der Waals surface area contributed by atoms with E-state index < -0.39 is 0 Å². The summed E-state index contributed by atoms with van der Waals surface area (Å²) < 4.78 is 1.14. The highest BCUT2D eigenvalue weighted by molar-refractivity contribution is 14.1. The zero-order valence-corrected chi connectivity index (χ0v) is 11.1. The average Bonchev–Trinajstić information content (AvgIpc) is 2.32. The molecule has 0 aliphatic heterocycles. The fourth-order valence-corrected chi connectivity index (χ4v) is 2.04. The summed E-state index contributed by atoms with van der Waals surface area (Å²) in [6, 6.07) is 15.4. The number of hydrogen-bond acceptors (Lipinski definition) is 3. The van der Waals surface area contributed by atoms with Gasteiger partial charge in [-0.1, -0.05) is 12.1 Å². The summed E-state index contributed by atoms with van der Waals surface area (Å²) in [5.74, 6) is 0. The van der Waals surface area contributed by atoms with Gasteiger partial charge < -0.3 is 11.1 Å². The van der Waals surface area contributed by atoms with Gasteiger partial charge in [0.2, 0.25) is 0 Å². The lowest BCUT2D eigenvalue weighted by Crippen LogP contribution is -1.98. The van der Waals surface area contributed by atoms with Gasteiger partial charge in [0, 0.05) is 9.26 Å². The molecule has 0 aliphatic carbocycles. The fourth-order valence-electron chi connectivity index (χ4n) is 1.49. The molecular weight excluding hydrogens is 325 g/mol. The molecule has 0 aromatic heterocycles. The highest BCUT2D eigenvalue weighted by Gasteiger charge is 2.04. The number of nitrogen functional groups attached to an aromatic ring is 1. The van der Waals surface area contributed by atoms with Crippen LogP contribution in [0.25, 0.3) is 0 Å². The molecule has 2 aromatic carbocycles. The molecule has 17 heavy (non-hydrogen) atoms. The van der Waals surface area contributed by atoms with Gasteiger partial charge in [-0.25, -0.2) is 0 Å². The van der Waals surface area contributed by atoms with Gasteiger partial charge in [0.15, 0.2) is 0 Å². The smallest absolute Gasteiger partial charge is 0.101 e. The Bertz CT molecular complexity index is 587. The number of para-hydroxylation sites is 1. The number of nitrogens with two attached hydrogens (primary N) is 1. The van der Waals surface area contributed by atoms with Crippen molar-refractivity contribution in [3.05, 3.63) is 51.6 Å². The second-order valence-electron chi connectivity index (χ2n) is 3.51. The third-order valence-corrected chi connectivity index (χ3v) is 3.00. The SMILES string of the molecule is N#Cc1cccc(Nc2cccc(I)c2)c1N. The molecule has 0 unspecified atom stereocenters. The first kappa shape index (κ1) is 11.7. The van der Waals surface area contributed by atoms with Crippen LogP contribution in [0.3, 0.4) is 0 Å². The minimum Gasteiger partial charge on any atom is -0.396 e. The number of anilines is 3. The van der Waals surface area contributed by atoms with Crippen LogP contribution in [0.4, 0.5) is 17.1 Å². The molecule has 0 saturated carbocycles. The van der Waals surface area contributed by atoms with Gasteiger partial charge in [-0.05, 0) is 52.9 Å². The van der Waals surface area contributed by atoms with E-state index in [2.05, 4.69) is 34.0 Å². The lowest BCUT2D eigenvalue weighted by atomic mass is 10.1. The van der Waals surface area contributed by atoms with Gasteiger partial charge in [0.05, 0.1) is 16.9 Å². The lowest BCUT2D eigenvalue weighted by molar-refractivity contribution is 1.47. The van der Waals surface area contributed by atoms with Gasteiger partial charge in [0.1, 0.15) is 6.07 Å². The van der Waals surface area contributed by atoms with E-state index in [1.54, 1.807) is 6.07 Å². The maximum atomic E-state index is 8.89. The van der Waals surface area contributed by atoms with Gasteiger partial charge in [0.25, 0.3) is 0 Å². The first-order valence-electron chi connectivity index (χ1n) is 5.02. The Morgan fingerprint density at radius 1 is 1.18 bits per heavy atom. The number of nitrogens with one attached hydrogen (secondary N) is 1. The minimum atomic E-state index is 0.480. The molecule has 0 heterocycles. The summed E-state index contributed by atoms with van der Waals surface area (Å²) in [5, 5.41) is 12.1. The van der Waals surface area contributed by atoms with E-state index in [1.807, 2.05) is 36.4 Å². The van der Waals surface area contributed by atoms with E-state index in [4.69, 9.17) is 11.0 Å². The third-order valence-electron chi connectivity index (χ3n) is 2.33. The number of rotatable bonds is 2. The van der Waals surface area contributed by atoms with Gasteiger partial charge in [-0.15, -0.1) is 0 Å². The third kappa shape index (κ3) is 2.68. The van der Waals surface area contributed by atoms with E-state index in [0.717, 1.165) is 14.9 Å². The van der Waals surface area contributed by atoms with Crippen molar-refractivity contribution in [1.29, 1.82) is 5.26 Å². The monoisotopic (exact) mass is 335 g/mol. The predicted octanol–water partition coefficient (Wildman–Crippen LogP) is 3.49. The predicted molar refractivity (Wildman–Crippen MR) is 78.0 cm³/mol. The van der Waals surface area contributed by atoms with Crippen molar-refractivity contribution in [2.24, 2.45) is 0 Å². The molecule has 2 rings (SSSR count). The van der Waals surface area contributed by atoms with Gasteiger partial charge >= 0.3 is 0 Å². The topological polar surface area (TPSA) is 61.8 Å². The first-order valence-corrected chi connectivity index (χ1v) is 6.10. The van der Waals surface area contributed by atoms with Crippen LogP contribution in [-0.2, 0) is 0 Å². The van der Waals surface area contributed by atoms with Crippen molar-refractivity contribution in [2.75, 3.05) is 11.1 Å². The first-order chi connectivity index (χ1) is 8.20. The Hall–Kier alpha value is -1.74. The summed E-state index contributed by atoms with van der Waals surface area (Å²) in [6.07, 6.45) is 0. The zero-order valence-electron chi connectivity index (χ0n) is 8.94. The molecule has 0 fully saturated rings. The standard InChI is InChI=1S/C13H10IN3/c14-10-4-2-5-11(7-10)17-12-6-1-3-9(8-15)13(12)16/h1-7,17H,16H2. The maximum Gasteiger partial charge on any atom is 0.101 e. The van der Waals surface area contributed by atoms with E-state index in [1.165, 1.54) is 0 Å². The largest absolute Gasteiger partial charge is 0.396 e. The van der Waals surface area contributed by atoms with Crippen molar-refractivity contribution in [3.8, 4) is 6.07 Å². The Kier molecular flexibility index (Phi) is 3.49. The van der Waals surface area contributed by atoms with Crippen LogP contribution in [-0.4, -0.2) is 0 Å². The number of hydrogen-bond donors (Lipinski definition) is 2. The van der Waals surface area contributed by atoms with Crippen LogP contribution in [0.5, 0.6) is 0 Å². The summed E-state index contributed by atoms with van der Waals surface area (Å²) >= 11 is 2.25. The van der Waals surface area contributed by atoms with E-state index >= 15 is 0 Å². The lowest BCUT2D eigenvalue weighted by Gasteiger charge is -2.10. The molecule has 3 N–H and O–H groups in total. The number of halogens is 1. The van der Waals surface area contributed by atoms with Gasteiger partial charge in [-0.3, -0.25) is 0 Å². The second kappa shape index (κ2) is 5.06. The summed E-state index contributed by atoms with van der Waals surface area (Å²) in [5.41, 5.74) is 8.57. The van der Waals surface area contributed by atoms with Crippen molar-refractivity contribution >= 4 is 39.7 Å². The number of nitriles is 1. The molecule has 3 nitrogen and oxygen atoms in total. The molecule has 0 aliphatic rings. The summed E-state index contributed by atoms with van der Waals surface area (Å²) in [7, 11) is 0. The molecule has 0 radical (unpaired) electrons. The van der Waals surface area contributed by atoms with Gasteiger partial charge in [-0.2, -0.15) is 5.26 Å². The van der Waals surface area contributed by atoms with Crippen LogP contribution in [0.1, 0.15) is 5.56 Å². The van der Waals surface area contributed by atoms with E-state index in [0.29, 0.717) is 11.3 Å². The minimum absolute atomic E-state index is 0.480.